The summed E-state index contributed by atoms with van der Waals surface area (Å²) in [5.74, 6) is -0.0189. The molecule has 4 heteroatoms. The van der Waals surface area contributed by atoms with Gasteiger partial charge in [0, 0.05) is 10.6 Å². The summed E-state index contributed by atoms with van der Waals surface area (Å²) in [5, 5.41) is 21.0. The van der Waals surface area contributed by atoms with Gasteiger partial charge in [0.1, 0.15) is 11.9 Å². The molecular weight excluding hydrogens is 255 g/mol. The minimum absolute atomic E-state index is 0.122. The van der Waals surface area contributed by atoms with E-state index in [2.05, 4.69) is 6.92 Å². The van der Waals surface area contributed by atoms with Crippen LogP contribution < -0.4 is 0 Å². The van der Waals surface area contributed by atoms with Crippen LogP contribution in [0, 0.1) is 11.7 Å². The van der Waals surface area contributed by atoms with Crippen LogP contribution in [0.25, 0.3) is 0 Å². The van der Waals surface area contributed by atoms with Crippen molar-refractivity contribution >= 4 is 11.6 Å². The van der Waals surface area contributed by atoms with Crippen molar-refractivity contribution in [3.8, 4) is 0 Å². The summed E-state index contributed by atoms with van der Waals surface area (Å²) in [6.07, 6.45) is 1.50. The van der Waals surface area contributed by atoms with Crippen molar-refractivity contribution in [3.05, 3.63) is 34.6 Å². The van der Waals surface area contributed by atoms with Crippen molar-refractivity contribution in [2.75, 3.05) is 0 Å². The number of aliphatic hydroxyl groups is 2. The second-order valence-corrected chi connectivity index (χ2v) is 5.79. The molecule has 1 aromatic rings. The zero-order chi connectivity index (χ0) is 13.3. The highest BCUT2D eigenvalue weighted by atomic mass is 35.5. The van der Waals surface area contributed by atoms with E-state index in [9.17, 15) is 14.6 Å². The van der Waals surface area contributed by atoms with Crippen molar-refractivity contribution in [2.24, 2.45) is 5.92 Å². The number of aliphatic hydroxyl groups excluding tert-OH is 1. The van der Waals surface area contributed by atoms with Crippen LogP contribution in [0.5, 0.6) is 0 Å². The quantitative estimate of drug-likeness (QED) is 0.866. The van der Waals surface area contributed by atoms with Crippen LogP contribution in [-0.4, -0.2) is 15.8 Å². The predicted molar refractivity (Wildman–Crippen MR) is 69.0 cm³/mol. The molecule has 2 rings (SSSR count). The highest BCUT2D eigenvalue weighted by Crippen LogP contribution is 2.41. The fourth-order valence-electron chi connectivity index (χ4n) is 2.55. The molecular formula is C14H18ClFO2. The van der Waals surface area contributed by atoms with Crippen LogP contribution in [0.2, 0.25) is 5.02 Å². The van der Waals surface area contributed by atoms with Gasteiger partial charge in [0.2, 0.25) is 0 Å². The minimum atomic E-state index is -1.22. The third kappa shape index (κ3) is 2.68. The molecule has 1 unspecified atom stereocenters. The summed E-state index contributed by atoms with van der Waals surface area (Å²) >= 11 is 5.68. The van der Waals surface area contributed by atoms with E-state index in [0.29, 0.717) is 18.8 Å². The highest BCUT2D eigenvalue weighted by Gasteiger charge is 2.40. The first-order valence-electron chi connectivity index (χ1n) is 6.28. The normalized spacial score (nSPS) is 30.2. The lowest BCUT2D eigenvalue weighted by molar-refractivity contribution is -0.106. The third-order valence-electron chi connectivity index (χ3n) is 3.91. The molecule has 0 amide bonds. The number of rotatable bonds is 2. The predicted octanol–water partition coefficient (Wildman–Crippen LogP) is 3.45. The molecule has 0 aromatic heterocycles. The van der Waals surface area contributed by atoms with Gasteiger partial charge in [-0.3, -0.25) is 0 Å². The van der Waals surface area contributed by atoms with Crippen molar-refractivity contribution in [1.29, 1.82) is 0 Å². The molecule has 0 spiro atoms. The van der Waals surface area contributed by atoms with Crippen molar-refractivity contribution in [3.63, 3.8) is 0 Å². The van der Waals surface area contributed by atoms with Gasteiger partial charge in [-0.15, -0.1) is 0 Å². The molecule has 2 nitrogen and oxygen atoms in total. The molecule has 1 saturated carbocycles. The lowest BCUT2D eigenvalue weighted by atomic mass is 9.75. The zero-order valence-corrected chi connectivity index (χ0v) is 11.1. The highest BCUT2D eigenvalue weighted by molar-refractivity contribution is 6.30. The Labute approximate surface area is 111 Å². The number of benzene rings is 1. The van der Waals surface area contributed by atoms with E-state index in [1.165, 1.54) is 12.1 Å². The number of halogens is 2. The van der Waals surface area contributed by atoms with E-state index < -0.39 is 17.5 Å². The molecule has 0 saturated heterocycles. The lowest BCUT2D eigenvalue weighted by Crippen LogP contribution is -2.40. The van der Waals surface area contributed by atoms with Gasteiger partial charge in [0.25, 0.3) is 0 Å². The van der Waals surface area contributed by atoms with Gasteiger partial charge < -0.3 is 10.2 Å². The van der Waals surface area contributed by atoms with Gasteiger partial charge in [-0.2, -0.15) is 0 Å². The van der Waals surface area contributed by atoms with E-state index in [4.69, 9.17) is 11.6 Å². The smallest absolute Gasteiger partial charge is 0.130 e. The Balaban J connectivity index is 2.22. The summed E-state index contributed by atoms with van der Waals surface area (Å²) in [7, 11) is 0. The molecule has 0 heterocycles. The molecule has 0 aliphatic heterocycles. The van der Waals surface area contributed by atoms with E-state index in [1.54, 1.807) is 0 Å². The first-order valence-corrected chi connectivity index (χ1v) is 6.65. The van der Waals surface area contributed by atoms with Crippen LogP contribution >= 0.6 is 11.6 Å². The Morgan fingerprint density at radius 1 is 1.39 bits per heavy atom. The summed E-state index contributed by atoms with van der Waals surface area (Å²) < 4.78 is 13.7. The van der Waals surface area contributed by atoms with Gasteiger partial charge in [0.05, 0.1) is 5.60 Å². The van der Waals surface area contributed by atoms with E-state index in [1.807, 2.05) is 0 Å². The third-order valence-corrected chi connectivity index (χ3v) is 4.14. The SMILES string of the molecule is CC1CCC(O)(C(O)c2ccc(Cl)cc2F)CC1. The van der Waals surface area contributed by atoms with Gasteiger partial charge >= 0.3 is 0 Å². The Morgan fingerprint density at radius 2 is 2.00 bits per heavy atom. The summed E-state index contributed by atoms with van der Waals surface area (Å²) in [5.41, 5.74) is -1.10. The molecule has 0 bridgehead atoms. The first-order chi connectivity index (χ1) is 8.42. The van der Waals surface area contributed by atoms with Crippen LogP contribution in [0.3, 0.4) is 0 Å². The summed E-state index contributed by atoms with van der Waals surface area (Å²) in [4.78, 5) is 0. The maximum atomic E-state index is 13.7. The Bertz CT molecular complexity index is 428. The molecule has 1 aliphatic rings. The average molecular weight is 273 g/mol. The molecule has 1 aromatic carbocycles. The minimum Gasteiger partial charge on any atom is -0.387 e. The summed E-state index contributed by atoms with van der Waals surface area (Å²) in [6.45, 7) is 2.12. The molecule has 1 aliphatic carbocycles. The van der Waals surface area contributed by atoms with Crippen LogP contribution in [0.1, 0.15) is 44.3 Å². The van der Waals surface area contributed by atoms with Crippen molar-refractivity contribution in [2.45, 2.75) is 44.3 Å². The lowest BCUT2D eigenvalue weighted by Gasteiger charge is -2.38. The Morgan fingerprint density at radius 3 is 2.56 bits per heavy atom. The molecule has 1 fully saturated rings. The molecule has 0 radical (unpaired) electrons. The average Bonchev–Trinajstić information content (AvgIpc) is 2.32. The molecule has 18 heavy (non-hydrogen) atoms. The van der Waals surface area contributed by atoms with Gasteiger partial charge in [-0.05, 0) is 43.7 Å². The van der Waals surface area contributed by atoms with E-state index >= 15 is 0 Å². The molecule has 1 atom stereocenters. The van der Waals surface area contributed by atoms with Crippen LogP contribution in [-0.2, 0) is 0 Å². The number of hydrogen-bond acceptors (Lipinski definition) is 2. The van der Waals surface area contributed by atoms with E-state index in [-0.39, 0.29) is 10.6 Å². The Kier molecular flexibility index (Phi) is 3.95. The molecule has 100 valence electrons. The standard InChI is InChI=1S/C14H18ClFO2/c1-9-4-6-14(18,7-5-9)13(17)11-3-2-10(15)8-12(11)16/h2-3,8-9,13,17-18H,4-7H2,1H3. The van der Waals surface area contributed by atoms with Gasteiger partial charge in [-0.25, -0.2) is 4.39 Å². The largest absolute Gasteiger partial charge is 0.387 e. The zero-order valence-electron chi connectivity index (χ0n) is 10.4. The summed E-state index contributed by atoms with van der Waals surface area (Å²) in [6, 6.07) is 4.13. The maximum absolute atomic E-state index is 13.7. The Hall–Kier alpha value is -0.640. The van der Waals surface area contributed by atoms with Crippen LogP contribution in [0.4, 0.5) is 4.39 Å². The fraction of sp³-hybridized carbons (Fsp3) is 0.571. The monoisotopic (exact) mass is 272 g/mol. The maximum Gasteiger partial charge on any atom is 0.130 e. The topological polar surface area (TPSA) is 40.5 Å². The van der Waals surface area contributed by atoms with E-state index in [0.717, 1.165) is 18.9 Å². The van der Waals surface area contributed by atoms with Crippen molar-refractivity contribution in [1.82, 2.24) is 0 Å². The molecule has 2 N–H and O–H groups in total. The first kappa shape index (κ1) is 13.8. The van der Waals surface area contributed by atoms with Gasteiger partial charge in [-0.1, -0.05) is 24.6 Å². The fourth-order valence-corrected chi connectivity index (χ4v) is 2.71. The van der Waals surface area contributed by atoms with Crippen molar-refractivity contribution < 1.29 is 14.6 Å². The van der Waals surface area contributed by atoms with Crippen LogP contribution in [0.15, 0.2) is 18.2 Å². The second-order valence-electron chi connectivity index (χ2n) is 5.35. The van der Waals surface area contributed by atoms with Gasteiger partial charge in [0.15, 0.2) is 0 Å². The number of hydrogen-bond donors (Lipinski definition) is 2. The second kappa shape index (κ2) is 5.16.